The molecular formula is C16H22N4O4S. The number of sulfonamides is 1. The largest absolute Gasteiger partial charge is 0.354 e. The van der Waals surface area contributed by atoms with Crippen molar-refractivity contribution < 1.29 is 18.0 Å². The Morgan fingerprint density at radius 2 is 2.04 bits per heavy atom. The maximum Gasteiger partial charge on any atom is 0.254 e. The highest BCUT2D eigenvalue weighted by Crippen LogP contribution is 2.19. The molecule has 25 heavy (non-hydrogen) atoms. The highest BCUT2D eigenvalue weighted by molar-refractivity contribution is 7.89. The zero-order valence-corrected chi connectivity index (χ0v) is 14.9. The predicted octanol–water partition coefficient (Wildman–Crippen LogP) is -0.759. The summed E-state index contributed by atoms with van der Waals surface area (Å²) in [6.45, 7) is 4.29. The molecule has 0 radical (unpaired) electrons. The summed E-state index contributed by atoms with van der Waals surface area (Å²) in [5, 5.41) is 5.82. The predicted molar refractivity (Wildman–Crippen MR) is 91.6 cm³/mol. The molecule has 1 atom stereocenters. The van der Waals surface area contributed by atoms with Crippen LogP contribution in [0.25, 0.3) is 0 Å². The lowest BCUT2D eigenvalue weighted by molar-refractivity contribution is -0.122. The standard InChI is InChI=1S/C16H22N4O4S/c1-12-10-17-5-8-20(12)16(22)13-3-2-4-14(9-13)25(23,24)19-7-6-18-15(21)11-19/h2-4,9,12,17H,5-8,10-11H2,1H3,(H,18,21)/t12-/m1/s1. The number of rotatable bonds is 3. The highest BCUT2D eigenvalue weighted by Gasteiger charge is 2.30. The van der Waals surface area contributed by atoms with Crippen LogP contribution in [0.1, 0.15) is 17.3 Å². The van der Waals surface area contributed by atoms with Crippen molar-refractivity contribution in [2.24, 2.45) is 0 Å². The van der Waals surface area contributed by atoms with E-state index in [1.165, 1.54) is 12.1 Å². The minimum Gasteiger partial charge on any atom is -0.354 e. The molecule has 136 valence electrons. The van der Waals surface area contributed by atoms with E-state index in [9.17, 15) is 18.0 Å². The minimum absolute atomic E-state index is 0.0378. The number of hydrogen-bond acceptors (Lipinski definition) is 5. The molecule has 2 aliphatic heterocycles. The van der Waals surface area contributed by atoms with Gasteiger partial charge < -0.3 is 15.5 Å². The highest BCUT2D eigenvalue weighted by atomic mass is 32.2. The molecule has 2 N–H and O–H groups in total. The second-order valence-corrected chi connectivity index (χ2v) is 8.21. The minimum atomic E-state index is -3.81. The summed E-state index contributed by atoms with van der Waals surface area (Å²) >= 11 is 0. The fraction of sp³-hybridized carbons (Fsp3) is 0.500. The number of carbonyl (C=O) groups excluding carboxylic acids is 2. The Bertz CT molecular complexity index is 780. The normalized spacial score (nSPS) is 22.5. The van der Waals surface area contributed by atoms with Gasteiger partial charge in [-0.2, -0.15) is 4.31 Å². The van der Waals surface area contributed by atoms with Crippen LogP contribution in [0.3, 0.4) is 0 Å². The van der Waals surface area contributed by atoms with E-state index in [2.05, 4.69) is 10.6 Å². The van der Waals surface area contributed by atoms with Crippen LogP contribution in [0.2, 0.25) is 0 Å². The lowest BCUT2D eigenvalue weighted by Crippen LogP contribution is -2.52. The molecule has 3 rings (SSSR count). The number of amides is 2. The molecule has 9 heteroatoms. The first kappa shape index (κ1) is 17.8. The zero-order valence-electron chi connectivity index (χ0n) is 14.1. The van der Waals surface area contributed by atoms with Crippen LogP contribution in [0.4, 0.5) is 0 Å². The van der Waals surface area contributed by atoms with Gasteiger partial charge in [0.05, 0.1) is 11.4 Å². The van der Waals surface area contributed by atoms with Gasteiger partial charge >= 0.3 is 0 Å². The topological polar surface area (TPSA) is 98.8 Å². The van der Waals surface area contributed by atoms with Gasteiger partial charge in [-0.15, -0.1) is 0 Å². The van der Waals surface area contributed by atoms with Crippen LogP contribution in [-0.2, 0) is 14.8 Å². The molecule has 0 aliphatic carbocycles. The van der Waals surface area contributed by atoms with Crippen LogP contribution in [0.5, 0.6) is 0 Å². The molecule has 1 aromatic rings. The maximum atomic E-state index is 12.8. The molecule has 8 nitrogen and oxygen atoms in total. The molecular weight excluding hydrogens is 344 g/mol. The summed E-state index contributed by atoms with van der Waals surface area (Å²) in [6.07, 6.45) is 0. The number of nitrogens with one attached hydrogen (secondary N) is 2. The van der Waals surface area contributed by atoms with E-state index in [0.29, 0.717) is 18.7 Å². The van der Waals surface area contributed by atoms with Crippen molar-refractivity contribution in [3.05, 3.63) is 29.8 Å². The van der Waals surface area contributed by atoms with Crippen LogP contribution < -0.4 is 10.6 Å². The first-order chi connectivity index (χ1) is 11.9. The molecule has 0 bridgehead atoms. The maximum absolute atomic E-state index is 12.8. The molecule has 0 spiro atoms. The van der Waals surface area contributed by atoms with Gasteiger partial charge in [-0.1, -0.05) is 6.07 Å². The van der Waals surface area contributed by atoms with Gasteiger partial charge in [-0.25, -0.2) is 8.42 Å². The summed E-state index contributed by atoms with van der Waals surface area (Å²) in [6, 6.07) is 6.10. The average molecular weight is 366 g/mol. The van der Waals surface area contributed by atoms with Crippen molar-refractivity contribution in [3.63, 3.8) is 0 Å². The molecule has 2 saturated heterocycles. The first-order valence-corrected chi connectivity index (χ1v) is 9.72. The summed E-state index contributed by atoms with van der Waals surface area (Å²) < 4.78 is 26.7. The SMILES string of the molecule is C[C@@H]1CNCCN1C(=O)c1cccc(S(=O)(=O)N2CCNC(=O)C2)c1. The van der Waals surface area contributed by atoms with Gasteiger partial charge in [0, 0.05) is 44.3 Å². The second-order valence-electron chi connectivity index (χ2n) is 6.27. The summed E-state index contributed by atoms with van der Waals surface area (Å²) in [4.78, 5) is 26.0. The van der Waals surface area contributed by atoms with Gasteiger partial charge in [0.25, 0.3) is 5.91 Å². The number of piperazine rings is 2. The Balaban J connectivity index is 1.85. The average Bonchev–Trinajstić information content (AvgIpc) is 2.62. The Morgan fingerprint density at radius 1 is 1.24 bits per heavy atom. The van der Waals surface area contributed by atoms with Gasteiger partial charge in [0.2, 0.25) is 15.9 Å². The molecule has 2 aliphatic rings. The smallest absolute Gasteiger partial charge is 0.254 e. The monoisotopic (exact) mass is 366 g/mol. The third-order valence-corrected chi connectivity index (χ3v) is 6.33. The fourth-order valence-electron chi connectivity index (χ4n) is 3.07. The van der Waals surface area contributed by atoms with E-state index >= 15 is 0 Å². The number of hydrogen-bond donors (Lipinski definition) is 2. The summed E-state index contributed by atoms with van der Waals surface area (Å²) in [5.41, 5.74) is 0.344. The van der Waals surface area contributed by atoms with Crippen LogP contribution >= 0.6 is 0 Å². The van der Waals surface area contributed by atoms with E-state index in [1.807, 2.05) is 6.92 Å². The van der Waals surface area contributed by atoms with Gasteiger partial charge in [-0.05, 0) is 25.1 Å². The second kappa shape index (κ2) is 7.11. The van der Waals surface area contributed by atoms with Gasteiger partial charge in [0.1, 0.15) is 0 Å². The Kier molecular flexibility index (Phi) is 5.07. The quantitative estimate of drug-likeness (QED) is 0.733. The molecule has 1 aromatic carbocycles. The third kappa shape index (κ3) is 3.68. The van der Waals surface area contributed by atoms with Crippen molar-refractivity contribution in [3.8, 4) is 0 Å². The Labute approximate surface area is 147 Å². The van der Waals surface area contributed by atoms with Crippen LogP contribution in [-0.4, -0.2) is 74.7 Å². The van der Waals surface area contributed by atoms with E-state index in [4.69, 9.17) is 0 Å². The van der Waals surface area contributed by atoms with Crippen molar-refractivity contribution in [2.45, 2.75) is 17.9 Å². The van der Waals surface area contributed by atoms with Crippen molar-refractivity contribution >= 4 is 21.8 Å². The van der Waals surface area contributed by atoms with E-state index in [1.54, 1.807) is 17.0 Å². The molecule has 2 heterocycles. The number of benzene rings is 1. The summed E-state index contributed by atoms with van der Waals surface area (Å²) in [7, 11) is -3.81. The van der Waals surface area contributed by atoms with E-state index < -0.39 is 10.0 Å². The molecule has 2 amide bonds. The molecule has 0 unspecified atom stereocenters. The van der Waals surface area contributed by atoms with Gasteiger partial charge in [0.15, 0.2) is 0 Å². The van der Waals surface area contributed by atoms with Crippen LogP contribution in [0, 0.1) is 0 Å². The lowest BCUT2D eigenvalue weighted by Gasteiger charge is -2.34. The van der Waals surface area contributed by atoms with E-state index in [-0.39, 0.29) is 42.4 Å². The molecule has 2 fully saturated rings. The third-order valence-electron chi connectivity index (χ3n) is 4.48. The lowest BCUT2D eigenvalue weighted by atomic mass is 10.1. The fourth-order valence-corrected chi connectivity index (χ4v) is 4.51. The Hall–Kier alpha value is -1.97. The first-order valence-electron chi connectivity index (χ1n) is 8.28. The molecule has 0 aromatic heterocycles. The van der Waals surface area contributed by atoms with Crippen molar-refractivity contribution in [1.29, 1.82) is 0 Å². The van der Waals surface area contributed by atoms with Crippen molar-refractivity contribution in [2.75, 3.05) is 39.3 Å². The van der Waals surface area contributed by atoms with Crippen molar-refractivity contribution in [1.82, 2.24) is 19.8 Å². The molecule has 0 saturated carbocycles. The number of carbonyl (C=O) groups is 2. The zero-order chi connectivity index (χ0) is 18.0. The number of nitrogens with zero attached hydrogens (tertiary/aromatic N) is 2. The summed E-state index contributed by atoms with van der Waals surface area (Å²) in [5.74, 6) is -0.501. The Morgan fingerprint density at radius 3 is 2.76 bits per heavy atom. The van der Waals surface area contributed by atoms with Crippen LogP contribution in [0.15, 0.2) is 29.2 Å². The van der Waals surface area contributed by atoms with Gasteiger partial charge in [-0.3, -0.25) is 9.59 Å². The van der Waals surface area contributed by atoms with E-state index in [0.717, 1.165) is 10.8 Å².